The van der Waals surface area contributed by atoms with Crippen LogP contribution in [0.2, 0.25) is 0 Å². The molecule has 1 N–H and O–H groups in total. The van der Waals surface area contributed by atoms with Crippen LogP contribution in [0.1, 0.15) is 59.8 Å². The van der Waals surface area contributed by atoms with Gasteiger partial charge in [0.15, 0.2) is 0 Å². The number of hydrazone groups is 1. The van der Waals surface area contributed by atoms with Crippen molar-refractivity contribution in [2.75, 3.05) is 13.7 Å². The third kappa shape index (κ3) is 3.72. The van der Waals surface area contributed by atoms with Crippen molar-refractivity contribution in [3.05, 3.63) is 12.7 Å². The van der Waals surface area contributed by atoms with Crippen molar-refractivity contribution in [3.63, 3.8) is 0 Å². The van der Waals surface area contributed by atoms with Gasteiger partial charge in [0.25, 0.3) is 0 Å². The van der Waals surface area contributed by atoms with Crippen LogP contribution in [0.25, 0.3) is 0 Å². The van der Waals surface area contributed by atoms with Crippen molar-refractivity contribution in [2.45, 2.75) is 77.5 Å². The highest BCUT2D eigenvalue weighted by Crippen LogP contribution is 2.35. The molecule has 1 rings (SSSR count). The molecule has 3 atom stereocenters. The monoisotopic (exact) mass is 310 g/mol. The minimum atomic E-state index is -0.614. The van der Waals surface area contributed by atoms with Gasteiger partial charge >= 0.3 is 0 Å². The van der Waals surface area contributed by atoms with Crippen molar-refractivity contribution < 1.29 is 9.84 Å². The maximum atomic E-state index is 10.4. The molecule has 0 amide bonds. The van der Waals surface area contributed by atoms with Crippen molar-refractivity contribution in [1.82, 2.24) is 5.01 Å². The number of rotatable bonds is 9. The number of ether oxygens (including phenoxy) is 1. The zero-order valence-corrected chi connectivity index (χ0v) is 15.0. The lowest BCUT2D eigenvalue weighted by Crippen LogP contribution is -2.49. The van der Waals surface area contributed by atoms with Gasteiger partial charge in [-0.05, 0) is 32.1 Å². The molecule has 0 aromatic rings. The normalized spacial score (nSPS) is 23.7. The van der Waals surface area contributed by atoms with Crippen LogP contribution in [-0.2, 0) is 4.74 Å². The Labute approximate surface area is 136 Å². The number of aliphatic hydroxyl groups is 1. The Bertz CT molecular complexity index is 371. The largest absolute Gasteiger partial charge is 0.386 e. The summed E-state index contributed by atoms with van der Waals surface area (Å²) in [5.74, 6) is 0. The molecule has 0 radical (unpaired) electrons. The van der Waals surface area contributed by atoms with E-state index >= 15 is 0 Å². The average molecular weight is 310 g/mol. The van der Waals surface area contributed by atoms with Crippen LogP contribution in [0.3, 0.4) is 0 Å². The van der Waals surface area contributed by atoms with E-state index in [2.05, 4.69) is 37.5 Å². The maximum absolute atomic E-state index is 10.4. The summed E-state index contributed by atoms with van der Waals surface area (Å²) in [4.78, 5) is 0. The molecule has 1 fully saturated rings. The molecule has 0 aromatic heterocycles. The molecule has 1 aliphatic heterocycles. The lowest BCUT2D eigenvalue weighted by atomic mass is 9.82. The average Bonchev–Trinajstić information content (AvgIpc) is 3.03. The van der Waals surface area contributed by atoms with Gasteiger partial charge in [0.1, 0.15) is 0 Å². The molecule has 0 unspecified atom stereocenters. The highest BCUT2D eigenvalue weighted by molar-refractivity contribution is 5.64. The molecule has 0 bridgehead atoms. The summed E-state index contributed by atoms with van der Waals surface area (Å²) in [6.07, 6.45) is 7.87. The molecule has 4 nitrogen and oxygen atoms in total. The third-order valence-electron chi connectivity index (χ3n) is 5.70. The summed E-state index contributed by atoms with van der Waals surface area (Å²) < 4.78 is 5.87. The standard InChI is InChI=1S/C18H34N2O2/c1-7-17(5,8-2)16(21)14-19-20-13-11-12-15(20)18(9-3,10-4)22-6/h7,14-16,21H,1,8-13H2,2-6H3/b19-14+/t15-,16-,17+/m0/s1. The van der Waals surface area contributed by atoms with Crippen LogP contribution in [0, 0.1) is 5.41 Å². The minimum absolute atomic E-state index is 0.148. The second-order valence-corrected chi connectivity index (χ2v) is 6.57. The van der Waals surface area contributed by atoms with Gasteiger partial charge in [0, 0.05) is 19.1 Å². The zero-order chi connectivity index (χ0) is 16.8. The summed E-state index contributed by atoms with van der Waals surface area (Å²) in [5, 5.41) is 17.1. The second kappa shape index (κ2) is 8.11. The molecule has 0 aromatic carbocycles. The predicted octanol–water partition coefficient (Wildman–Crippen LogP) is 3.61. The highest BCUT2D eigenvalue weighted by atomic mass is 16.5. The Hall–Kier alpha value is -0.870. The lowest BCUT2D eigenvalue weighted by Gasteiger charge is -2.40. The van der Waals surface area contributed by atoms with E-state index in [4.69, 9.17) is 4.74 Å². The SMILES string of the molecule is C=C[C@](C)(CC)[C@@H](O)/C=N/N1CCC[C@H]1C(CC)(CC)OC. The molecule has 22 heavy (non-hydrogen) atoms. The zero-order valence-electron chi connectivity index (χ0n) is 15.0. The lowest BCUT2D eigenvalue weighted by molar-refractivity contribution is -0.0733. The Morgan fingerprint density at radius 3 is 2.45 bits per heavy atom. The number of methoxy groups -OCH3 is 1. The Morgan fingerprint density at radius 2 is 2.00 bits per heavy atom. The van der Waals surface area contributed by atoms with E-state index in [1.807, 2.05) is 13.0 Å². The second-order valence-electron chi connectivity index (χ2n) is 6.57. The molecule has 1 saturated heterocycles. The molecular formula is C18H34N2O2. The molecule has 0 spiro atoms. The van der Waals surface area contributed by atoms with Crippen LogP contribution in [0.5, 0.6) is 0 Å². The molecule has 4 heteroatoms. The van der Waals surface area contributed by atoms with E-state index in [1.54, 1.807) is 13.3 Å². The Balaban J connectivity index is 2.87. The van der Waals surface area contributed by atoms with Crippen LogP contribution < -0.4 is 0 Å². The first-order valence-corrected chi connectivity index (χ1v) is 8.60. The van der Waals surface area contributed by atoms with E-state index in [-0.39, 0.29) is 17.1 Å². The van der Waals surface area contributed by atoms with E-state index < -0.39 is 6.10 Å². The first-order chi connectivity index (χ1) is 10.4. The molecule has 0 aliphatic carbocycles. The summed E-state index contributed by atoms with van der Waals surface area (Å²) in [6.45, 7) is 13.2. The van der Waals surface area contributed by atoms with Gasteiger partial charge in [-0.2, -0.15) is 5.10 Å². The fraction of sp³-hybridized carbons (Fsp3) is 0.833. The van der Waals surface area contributed by atoms with E-state index in [1.165, 1.54) is 0 Å². The maximum Gasteiger partial charge on any atom is 0.0996 e. The topological polar surface area (TPSA) is 45.1 Å². The van der Waals surface area contributed by atoms with Crippen molar-refractivity contribution >= 4 is 6.21 Å². The molecule has 1 aliphatic rings. The number of hydrogen-bond acceptors (Lipinski definition) is 4. The van der Waals surface area contributed by atoms with Gasteiger partial charge in [-0.15, -0.1) is 6.58 Å². The molecule has 128 valence electrons. The highest BCUT2D eigenvalue weighted by Gasteiger charge is 2.42. The van der Waals surface area contributed by atoms with Gasteiger partial charge in [-0.25, -0.2) is 0 Å². The van der Waals surface area contributed by atoms with Gasteiger partial charge in [0.2, 0.25) is 0 Å². The molecular weight excluding hydrogens is 276 g/mol. The minimum Gasteiger partial charge on any atom is -0.386 e. The third-order valence-corrected chi connectivity index (χ3v) is 5.70. The van der Waals surface area contributed by atoms with Crippen molar-refractivity contribution in [2.24, 2.45) is 10.5 Å². The van der Waals surface area contributed by atoms with Gasteiger partial charge in [-0.1, -0.05) is 33.8 Å². The van der Waals surface area contributed by atoms with Gasteiger partial charge < -0.3 is 9.84 Å². The summed E-state index contributed by atoms with van der Waals surface area (Å²) >= 11 is 0. The number of hydrogen-bond donors (Lipinski definition) is 1. The molecule has 1 heterocycles. The first-order valence-electron chi connectivity index (χ1n) is 8.60. The van der Waals surface area contributed by atoms with Crippen LogP contribution in [0.4, 0.5) is 0 Å². The molecule has 0 saturated carbocycles. The number of aliphatic hydroxyl groups excluding tert-OH is 1. The van der Waals surface area contributed by atoms with E-state index in [0.29, 0.717) is 0 Å². The van der Waals surface area contributed by atoms with Crippen molar-refractivity contribution in [1.29, 1.82) is 0 Å². The number of nitrogens with zero attached hydrogens (tertiary/aromatic N) is 2. The van der Waals surface area contributed by atoms with Crippen LogP contribution in [-0.4, -0.2) is 47.7 Å². The fourth-order valence-electron chi connectivity index (χ4n) is 3.36. The predicted molar refractivity (Wildman–Crippen MR) is 93.1 cm³/mol. The van der Waals surface area contributed by atoms with Crippen molar-refractivity contribution in [3.8, 4) is 0 Å². The van der Waals surface area contributed by atoms with Crippen LogP contribution >= 0.6 is 0 Å². The smallest absolute Gasteiger partial charge is 0.0996 e. The van der Waals surface area contributed by atoms with Gasteiger partial charge in [-0.3, -0.25) is 5.01 Å². The first kappa shape index (κ1) is 19.2. The summed E-state index contributed by atoms with van der Waals surface area (Å²) in [5.41, 5.74) is -0.474. The van der Waals surface area contributed by atoms with Crippen LogP contribution in [0.15, 0.2) is 17.8 Å². The van der Waals surface area contributed by atoms with Gasteiger partial charge in [0.05, 0.1) is 24.0 Å². The fourth-order valence-corrected chi connectivity index (χ4v) is 3.36. The summed E-state index contributed by atoms with van der Waals surface area (Å²) in [7, 11) is 1.80. The van der Waals surface area contributed by atoms with E-state index in [9.17, 15) is 5.11 Å². The Kier molecular flexibility index (Phi) is 7.07. The quantitative estimate of drug-likeness (QED) is 0.523. The van der Waals surface area contributed by atoms with E-state index in [0.717, 1.165) is 38.6 Å². The Morgan fingerprint density at radius 1 is 1.36 bits per heavy atom. The summed E-state index contributed by atoms with van der Waals surface area (Å²) in [6, 6.07) is 0.285.